The number of ketones is 1. The van der Waals surface area contributed by atoms with Crippen LogP contribution in [0.3, 0.4) is 0 Å². The molecule has 32 heavy (non-hydrogen) atoms. The molecular formula is C24H33ClF3NO3. The molecule has 1 aliphatic heterocycles. The highest BCUT2D eigenvalue weighted by atomic mass is 35.5. The summed E-state index contributed by atoms with van der Waals surface area (Å²) in [5.41, 5.74) is 5.47. The summed E-state index contributed by atoms with van der Waals surface area (Å²) in [6.07, 6.45) is -3.74. The Balaban J connectivity index is 2.40. The SMILES string of the molecule is C=CC(C)(OCc1cc(Cl)cc2c1OC(C)(C)C2)C(CC(F)(F)F)C(CN)C(=O)C(C)C. The number of ether oxygens (including phenoxy) is 2. The van der Waals surface area contributed by atoms with Gasteiger partial charge in [0.15, 0.2) is 0 Å². The molecule has 0 fully saturated rings. The van der Waals surface area contributed by atoms with Crippen LogP contribution < -0.4 is 10.5 Å². The maximum atomic E-state index is 13.5. The van der Waals surface area contributed by atoms with Gasteiger partial charge in [-0.1, -0.05) is 31.5 Å². The third-order valence-electron chi connectivity index (χ3n) is 6.01. The average molecular weight is 476 g/mol. The van der Waals surface area contributed by atoms with Gasteiger partial charge >= 0.3 is 6.18 Å². The fourth-order valence-electron chi connectivity index (χ4n) is 4.30. The van der Waals surface area contributed by atoms with Crippen LogP contribution in [-0.4, -0.2) is 29.7 Å². The first-order chi connectivity index (χ1) is 14.6. The van der Waals surface area contributed by atoms with Gasteiger partial charge in [0.2, 0.25) is 0 Å². The van der Waals surface area contributed by atoms with Crippen molar-refractivity contribution in [3.8, 4) is 5.75 Å². The lowest BCUT2D eigenvalue weighted by Crippen LogP contribution is -2.48. The molecule has 0 aromatic heterocycles. The summed E-state index contributed by atoms with van der Waals surface area (Å²) in [5.74, 6) is -2.41. The number of carbonyl (C=O) groups is 1. The Morgan fingerprint density at radius 2 is 2.00 bits per heavy atom. The van der Waals surface area contributed by atoms with Gasteiger partial charge in [-0.15, -0.1) is 6.58 Å². The monoisotopic (exact) mass is 475 g/mol. The van der Waals surface area contributed by atoms with Gasteiger partial charge in [0.1, 0.15) is 17.1 Å². The van der Waals surface area contributed by atoms with Crippen molar-refractivity contribution in [1.82, 2.24) is 0 Å². The number of fused-ring (bicyclic) bond motifs is 1. The highest BCUT2D eigenvalue weighted by Gasteiger charge is 2.47. The minimum absolute atomic E-state index is 0.0526. The van der Waals surface area contributed by atoms with E-state index in [9.17, 15) is 18.0 Å². The zero-order valence-electron chi connectivity index (χ0n) is 19.3. The largest absolute Gasteiger partial charge is 0.487 e. The molecule has 2 N–H and O–H groups in total. The van der Waals surface area contributed by atoms with Crippen molar-refractivity contribution in [3.05, 3.63) is 40.9 Å². The van der Waals surface area contributed by atoms with E-state index in [2.05, 4.69) is 6.58 Å². The molecule has 0 bridgehead atoms. The number of hydrogen-bond donors (Lipinski definition) is 1. The van der Waals surface area contributed by atoms with Gasteiger partial charge in [-0.05, 0) is 38.5 Å². The van der Waals surface area contributed by atoms with E-state index < -0.39 is 41.6 Å². The Kier molecular flexibility index (Phi) is 8.12. The fraction of sp³-hybridized carbons (Fsp3) is 0.625. The third-order valence-corrected chi connectivity index (χ3v) is 6.23. The molecule has 0 spiro atoms. The predicted molar refractivity (Wildman–Crippen MR) is 120 cm³/mol. The van der Waals surface area contributed by atoms with Gasteiger partial charge in [0.05, 0.1) is 18.6 Å². The van der Waals surface area contributed by atoms with E-state index in [1.165, 1.54) is 13.0 Å². The van der Waals surface area contributed by atoms with Gasteiger partial charge in [0.25, 0.3) is 0 Å². The Bertz CT molecular complexity index is 854. The molecule has 2 rings (SSSR count). The van der Waals surface area contributed by atoms with Crippen LogP contribution in [-0.2, 0) is 22.6 Å². The van der Waals surface area contributed by atoms with Crippen LogP contribution in [0.4, 0.5) is 13.2 Å². The van der Waals surface area contributed by atoms with E-state index in [0.29, 0.717) is 22.8 Å². The first-order valence-electron chi connectivity index (χ1n) is 10.7. The minimum atomic E-state index is -4.51. The Morgan fingerprint density at radius 1 is 1.38 bits per heavy atom. The van der Waals surface area contributed by atoms with Crippen molar-refractivity contribution in [2.75, 3.05) is 6.54 Å². The standard InChI is InChI=1S/C24H33ClF3NO3/c1-7-23(6,19(11-24(26,27)28)18(12-29)20(30)14(2)3)31-13-16-9-17(25)8-15-10-22(4,5)32-21(15)16/h7-9,14,18-19H,1,10-13,29H2,2-6H3. The van der Waals surface area contributed by atoms with Crippen LogP contribution in [0.15, 0.2) is 24.8 Å². The fourth-order valence-corrected chi connectivity index (χ4v) is 4.57. The second-order valence-corrected chi connectivity index (χ2v) is 10.0. The molecule has 3 atom stereocenters. The van der Waals surface area contributed by atoms with E-state index in [1.807, 2.05) is 19.9 Å². The van der Waals surface area contributed by atoms with E-state index in [1.54, 1.807) is 19.9 Å². The van der Waals surface area contributed by atoms with Crippen molar-refractivity contribution < 1.29 is 27.4 Å². The third kappa shape index (κ3) is 6.27. The predicted octanol–water partition coefficient (Wildman–Crippen LogP) is 5.88. The summed E-state index contributed by atoms with van der Waals surface area (Å²) in [5, 5.41) is 0.491. The molecule has 1 heterocycles. The number of benzene rings is 1. The van der Waals surface area contributed by atoms with Gasteiger partial charge in [-0.2, -0.15) is 13.2 Å². The summed E-state index contributed by atoms with van der Waals surface area (Å²) in [6.45, 7) is 12.2. The lowest BCUT2D eigenvalue weighted by atomic mass is 9.73. The first-order valence-corrected chi connectivity index (χ1v) is 11.1. The van der Waals surface area contributed by atoms with E-state index in [4.69, 9.17) is 26.8 Å². The number of carbonyl (C=O) groups excluding carboxylic acids is 1. The van der Waals surface area contributed by atoms with Crippen LogP contribution in [0.2, 0.25) is 5.02 Å². The molecule has 0 radical (unpaired) electrons. The van der Waals surface area contributed by atoms with E-state index in [-0.39, 0.29) is 18.9 Å². The number of halogens is 4. The highest BCUT2D eigenvalue weighted by molar-refractivity contribution is 6.30. The second-order valence-electron chi connectivity index (χ2n) is 9.59. The summed E-state index contributed by atoms with van der Waals surface area (Å²) in [4.78, 5) is 12.7. The molecule has 1 aromatic carbocycles. The number of hydrogen-bond acceptors (Lipinski definition) is 4. The van der Waals surface area contributed by atoms with Crippen molar-refractivity contribution in [3.63, 3.8) is 0 Å². The minimum Gasteiger partial charge on any atom is -0.487 e. The van der Waals surface area contributed by atoms with Crippen LogP contribution in [0.1, 0.15) is 52.2 Å². The van der Waals surface area contributed by atoms with Gasteiger partial charge < -0.3 is 15.2 Å². The van der Waals surface area contributed by atoms with E-state index in [0.717, 1.165) is 5.56 Å². The number of nitrogens with two attached hydrogens (primary N) is 1. The zero-order valence-corrected chi connectivity index (χ0v) is 20.1. The zero-order chi connectivity index (χ0) is 24.5. The Hall–Kier alpha value is -1.57. The Morgan fingerprint density at radius 3 is 2.50 bits per heavy atom. The summed E-state index contributed by atoms with van der Waals surface area (Å²) < 4.78 is 52.7. The molecule has 3 unspecified atom stereocenters. The Labute approximate surface area is 193 Å². The molecule has 0 saturated carbocycles. The van der Waals surface area contributed by atoms with Gasteiger partial charge in [-0.3, -0.25) is 4.79 Å². The lowest BCUT2D eigenvalue weighted by Gasteiger charge is -2.40. The topological polar surface area (TPSA) is 61.6 Å². The quantitative estimate of drug-likeness (QED) is 0.429. The highest BCUT2D eigenvalue weighted by Crippen LogP contribution is 2.43. The normalized spacial score (nSPS) is 19.1. The maximum absolute atomic E-state index is 13.5. The van der Waals surface area contributed by atoms with Gasteiger partial charge in [-0.25, -0.2) is 0 Å². The molecule has 1 aliphatic rings. The molecule has 0 aliphatic carbocycles. The first kappa shape index (κ1) is 26.7. The molecular weight excluding hydrogens is 443 g/mol. The number of rotatable bonds is 10. The summed E-state index contributed by atoms with van der Waals surface area (Å²) >= 11 is 6.26. The molecule has 4 nitrogen and oxygen atoms in total. The van der Waals surface area contributed by atoms with E-state index >= 15 is 0 Å². The number of Topliss-reactive ketones (excluding diaryl/α,β-unsaturated/α-hetero) is 1. The summed E-state index contributed by atoms with van der Waals surface area (Å²) in [7, 11) is 0. The molecule has 180 valence electrons. The van der Waals surface area contributed by atoms with Crippen LogP contribution in [0, 0.1) is 17.8 Å². The second kappa shape index (κ2) is 9.74. The van der Waals surface area contributed by atoms with Crippen molar-refractivity contribution in [2.45, 2.75) is 71.4 Å². The lowest BCUT2D eigenvalue weighted by molar-refractivity contribution is -0.176. The van der Waals surface area contributed by atoms with Crippen molar-refractivity contribution >= 4 is 17.4 Å². The number of alkyl halides is 3. The average Bonchev–Trinajstić information content (AvgIpc) is 2.98. The van der Waals surface area contributed by atoms with Crippen molar-refractivity contribution in [2.24, 2.45) is 23.5 Å². The summed E-state index contributed by atoms with van der Waals surface area (Å²) in [6, 6.07) is 3.50. The smallest absolute Gasteiger partial charge is 0.389 e. The molecule has 0 saturated heterocycles. The van der Waals surface area contributed by atoms with Crippen LogP contribution >= 0.6 is 11.6 Å². The van der Waals surface area contributed by atoms with Gasteiger partial charge in [0, 0.05) is 41.3 Å². The van der Waals surface area contributed by atoms with Crippen molar-refractivity contribution in [1.29, 1.82) is 0 Å². The van der Waals surface area contributed by atoms with Crippen LogP contribution in [0.25, 0.3) is 0 Å². The molecule has 8 heteroatoms. The molecule has 1 aromatic rings. The molecule has 0 amide bonds. The maximum Gasteiger partial charge on any atom is 0.389 e. The van der Waals surface area contributed by atoms with Crippen LogP contribution in [0.5, 0.6) is 5.75 Å².